The number of ether oxygens (including phenoxy) is 1. The van der Waals surface area contributed by atoms with Crippen molar-refractivity contribution in [1.82, 2.24) is 0 Å². The van der Waals surface area contributed by atoms with Crippen LogP contribution >= 0.6 is 27.7 Å². The quantitative estimate of drug-likeness (QED) is 0.720. The Morgan fingerprint density at radius 1 is 1.11 bits per heavy atom. The Bertz CT molecular complexity index is 610. The molecule has 0 spiro atoms. The van der Waals surface area contributed by atoms with E-state index in [1.807, 2.05) is 48.5 Å². The van der Waals surface area contributed by atoms with Gasteiger partial charge in [-0.2, -0.15) is 0 Å². The second-order valence-corrected chi connectivity index (χ2v) is 6.23. The van der Waals surface area contributed by atoms with Gasteiger partial charge in [-0.05, 0) is 29.8 Å². The molecule has 0 fully saturated rings. The number of carbonyl (C=O) groups excluding carboxylic acids is 1. The van der Waals surface area contributed by atoms with Gasteiger partial charge >= 0.3 is 5.97 Å². The number of carbonyl (C=O) groups is 1. The molecule has 0 aromatic heterocycles. The van der Waals surface area contributed by atoms with Crippen molar-refractivity contribution < 1.29 is 9.53 Å². The summed E-state index contributed by atoms with van der Waals surface area (Å²) in [6.45, 7) is 0. The molecule has 0 N–H and O–H groups in total. The highest BCUT2D eigenvalue weighted by Crippen LogP contribution is 2.34. The first-order chi connectivity index (χ1) is 9.24. The van der Waals surface area contributed by atoms with Gasteiger partial charge in [0, 0.05) is 15.1 Å². The smallest absolute Gasteiger partial charge is 0.339 e. The van der Waals surface area contributed by atoms with Gasteiger partial charge in [0.15, 0.2) is 0 Å². The first-order valence-electron chi connectivity index (χ1n) is 5.92. The van der Waals surface area contributed by atoms with Gasteiger partial charge in [0.25, 0.3) is 0 Å². The third kappa shape index (κ3) is 2.69. The number of hydrogen-bond donors (Lipinski definition) is 0. The minimum absolute atomic E-state index is 0.196. The molecule has 2 nitrogen and oxygen atoms in total. The molecule has 1 unspecified atom stereocenters. The van der Waals surface area contributed by atoms with Crippen molar-refractivity contribution >= 4 is 33.7 Å². The van der Waals surface area contributed by atoms with E-state index in [2.05, 4.69) is 15.9 Å². The van der Waals surface area contributed by atoms with Crippen molar-refractivity contribution in [3.8, 4) is 0 Å². The van der Waals surface area contributed by atoms with E-state index < -0.39 is 0 Å². The average molecular weight is 335 g/mol. The second-order valence-electron chi connectivity index (χ2n) is 4.25. The zero-order valence-corrected chi connectivity index (χ0v) is 12.4. The third-order valence-corrected chi connectivity index (χ3v) is 4.65. The van der Waals surface area contributed by atoms with Gasteiger partial charge in [0.2, 0.25) is 0 Å². The number of rotatable bonds is 1. The third-order valence-electron chi connectivity index (χ3n) is 2.99. The lowest BCUT2D eigenvalue weighted by Crippen LogP contribution is -2.11. The number of halogens is 1. The molecule has 1 aliphatic heterocycles. The Morgan fingerprint density at radius 3 is 2.63 bits per heavy atom. The van der Waals surface area contributed by atoms with E-state index in [4.69, 9.17) is 4.74 Å². The monoisotopic (exact) mass is 334 g/mol. The van der Waals surface area contributed by atoms with E-state index in [9.17, 15) is 4.79 Å². The summed E-state index contributed by atoms with van der Waals surface area (Å²) >= 11 is 5.07. The van der Waals surface area contributed by atoms with Gasteiger partial charge in [0.1, 0.15) is 6.10 Å². The van der Waals surface area contributed by atoms with E-state index in [0.29, 0.717) is 5.56 Å². The first-order valence-corrected chi connectivity index (χ1v) is 7.70. The predicted octanol–water partition coefficient (Wildman–Crippen LogP) is 4.45. The number of benzene rings is 2. The molecule has 3 rings (SSSR count). The minimum atomic E-state index is -0.242. The van der Waals surface area contributed by atoms with Gasteiger partial charge in [-0.15, -0.1) is 11.8 Å². The van der Waals surface area contributed by atoms with E-state index in [1.54, 1.807) is 11.8 Å². The molecule has 2 aromatic carbocycles. The van der Waals surface area contributed by atoms with Gasteiger partial charge in [-0.1, -0.05) is 40.2 Å². The fourth-order valence-electron chi connectivity index (χ4n) is 2.00. The Balaban J connectivity index is 1.89. The van der Waals surface area contributed by atoms with Crippen LogP contribution in [0.25, 0.3) is 0 Å². The van der Waals surface area contributed by atoms with Crippen LogP contribution in [-0.4, -0.2) is 11.7 Å². The van der Waals surface area contributed by atoms with Crippen molar-refractivity contribution in [3.05, 3.63) is 64.1 Å². The Labute approximate surface area is 124 Å². The van der Waals surface area contributed by atoms with Crippen molar-refractivity contribution in [2.45, 2.75) is 11.0 Å². The maximum Gasteiger partial charge on any atom is 0.339 e. The highest BCUT2D eigenvalue weighted by molar-refractivity contribution is 9.10. The van der Waals surface area contributed by atoms with Gasteiger partial charge in [0.05, 0.1) is 5.56 Å². The van der Waals surface area contributed by atoms with E-state index in [1.165, 1.54) is 0 Å². The summed E-state index contributed by atoms with van der Waals surface area (Å²) in [5, 5.41) is 0. The van der Waals surface area contributed by atoms with Crippen LogP contribution in [0.15, 0.2) is 57.9 Å². The van der Waals surface area contributed by atoms with Crippen LogP contribution in [0.1, 0.15) is 22.0 Å². The zero-order chi connectivity index (χ0) is 13.2. The van der Waals surface area contributed by atoms with Crippen LogP contribution in [0, 0.1) is 0 Å². The molecule has 1 heterocycles. The zero-order valence-electron chi connectivity index (χ0n) is 10.0. The molecular weight excluding hydrogens is 324 g/mol. The van der Waals surface area contributed by atoms with Crippen molar-refractivity contribution in [2.24, 2.45) is 0 Å². The molecular formula is C15H11BrO2S. The van der Waals surface area contributed by atoms with Crippen molar-refractivity contribution in [1.29, 1.82) is 0 Å². The fraction of sp³-hybridized carbons (Fsp3) is 0.133. The summed E-state index contributed by atoms with van der Waals surface area (Å²) in [6.07, 6.45) is -0.196. The highest BCUT2D eigenvalue weighted by Gasteiger charge is 2.24. The summed E-state index contributed by atoms with van der Waals surface area (Å²) in [5.41, 5.74) is 1.68. The molecule has 0 radical (unpaired) electrons. The first kappa shape index (κ1) is 12.8. The molecule has 19 heavy (non-hydrogen) atoms. The molecule has 1 atom stereocenters. The number of fused-ring (bicyclic) bond motifs is 1. The normalized spacial score (nSPS) is 18.4. The van der Waals surface area contributed by atoms with Gasteiger partial charge in [-0.3, -0.25) is 0 Å². The largest absolute Gasteiger partial charge is 0.453 e. The summed E-state index contributed by atoms with van der Waals surface area (Å²) in [5.74, 6) is 0.498. The predicted molar refractivity (Wildman–Crippen MR) is 79.5 cm³/mol. The van der Waals surface area contributed by atoms with Crippen LogP contribution in [-0.2, 0) is 4.74 Å². The summed E-state index contributed by atoms with van der Waals surface area (Å²) in [6, 6.07) is 15.5. The maximum atomic E-state index is 12.1. The lowest BCUT2D eigenvalue weighted by atomic mass is 10.1. The molecule has 4 heteroatoms. The lowest BCUT2D eigenvalue weighted by molar-refractivity contribution is 0.0349. The topological polar surface area (TPSA) is 26.3 Å². The van der Waals surface area contributed by atoms with Gasteiger partial charge < -0.3 is 4.74 Å². The van der Waals surface area contributed by atoms with E-state index >= 15 is 0 Å². The fourth-order valence-corrected chi connectivity index (χ4v) is 3.33. The highest BCUT2D eigenvalue weighted by atomic mass is 79.9. The van der Waals surface area contributed by atoms with Crippen LogP contribution in [0.2, 0.25) is 0 Å². The molecule has 0 bridgehead atoms. The number of thioether (sulfide) groups is 1. The Kier molecular flexibility index (Phi) is 3.62. The van der Waals surface area contributed by atoms with Crippen LogP contribution in [0.4, 0.5) is 0 Å². The number of cyclic esters (lactones) is 1. The van der Waals surface area contributed by atoms with Crippen LogP contribution in [0.3, 0.4) is 0 Å². The molecule has 0 aliphatic carbocycles. The summed E-state index contributed by atoms with van der Waals surface area (Å²) in [7, 11) is 0. The minimum Gasteiger partial charge on any atom is -0.453 e. The molecule has 1 aliphatic rings. The van der Waals surface area contributed by atoms with E-state index in [0.717, 1.165) is 20.7 Å². The SMILES string of the molecule is O=C1OC(c2ccc(Br)cc2)CSc2ccccc21. The number of esters is 1. The maximum absolute atomic E-state index is 12.1. The average Bonchev–Trinajstić information content (AvgIpc) is 2.60. The second kappa shape index (κ2) is 5.39. The number of hydrogen-bond acceptors (Lipinski definition) is 3. The van der Waals surface area contributed by atoms with Crippen LogP contribution < -0.4 is 0 Å². The Morgan fingerprint density at radius 2 is 1.84 bits per heavy atom. The lowest BCUT2D eigenvalue weighted by Gasteiger charge is -2.14. The van der Waals surface area contributed by atoms with Crippen LogP contribution in [0.5, 0.6) is 0 Å². The molecule has 0 saturated carbocycles. The summed E-state index contributed by atoms with van der Waals surface area (Å²) < 4.78 is 6.61. The Hall–Kier alpha value is -1.26. The molecule has 96 valence electrons. The molecule has 0 amide bonds. The standard InChI is InChI=1S/C15H11BrO2S/c16-11-7-5-10(6-8-11)13-9-19-14-4-2-1-3-12(14)15(17)18-13/h1-8,13H,9H2. The molecule has 2 aromatic rings. The van der Waals surface area contributed by atoms with Crippen molar-refractivity contribution in [3.63, 3.8) is 0 Å². The molecule has 0 saturated heterocycles. The summed E-state index contributed by atoms with van der Waals surface area (Å²) in [4.78, 5) is 13.1. The van der Waals surface area contributed by atoms with E-state index in [-0.39, 0.29) is 12.1 Å². The van der Waals surface area contributed by atoms with Crippen molar-refractivity contribution in [2.75, 3.05) is 5.75 Å². The van der Waals surface area contributed by atoms with Gasteiger partial charge in [-0.25, -0.2) is 4.79 Å².